The van der Waals surface area contributed by atoms with E-state index < -0.39 is 6.09 Å². The number of rotatable bonds is 0. The van der Waals surface area contributed by atoms with Crippen molar-refractivity contribution in [1.82, 2.24) is 4.90 Å². The summed E-state index contributed by atoms with van der Waals surface area (Å²) >= 11 is 0. The number of amides is 1. The van der Waals surface area contributed by atoms with Crippen LogP contribution in [0.3, 0.4) is 0 Å². The van der Waals surface area contributed by atoms with Crippen molar-refractivity contribution < 1.29 is 9.90 Å². The fraction of sp³-hybridized carbons (Fsp3) is 0.600. The quantitative estimate of drug-likeness (QED) is 0.591. The third-order valence-corrected chi connectivity index (χ3v) is 3.24. The number of hydrogen-bond acceptors (Lipinski definition) is 2. The van der Waals surface area contributed by atoms with Gasteiger partial charge in [-0.1, -0.05) is 5.57 Å². The van der Waals surface area contributed by atoms with Gasteiger partial charge in [-0.2, -0.15) is 5.26 Å². The molecule has 74 valence electrons. The summed E-state index contributed by atoms with van der Waals surface area (Å²) in [4.78, 5) is 12.2. The van der Waals surface area contributed by atoms with E-state index in [1.165, 1.54) is 4.90 Å². The molecule has 0 spiro atoms. The third-order valence-electron chi connectivity index (χ3n) is 3.24. The average molecular weight is 192 g/mol. The molecule has 4 heteroatoms. The van der Waals surface area contributed by atoms with Gasteiger partial charge in [0.25, 0.3) is 0 Å². The lowest BCUT2D eigenvalue weighted by atomic mass is 9.97. The summed E-state index contributed by atoms with van der Waals surface area (Å²) in [5.74, 6) is 0.761. The highest BCUT2D eigenvalue weighted by Gasteiger charge is 2.40. The highest BCUT2D eigenvalue weighted by Crippen LogP contribution is 2.41. The van der Waals surface area contributed by atoms with Gasteiger partial charge < -0.3 is 10.0 Å². The number of nitriles is 1. The van der Waals surface area contributed by atoms with E-state index in [9.17, 15) is 4.79 Å². The number of nitrogens with zero attached hydrogens (tertiary/aromatic N) is 2. The molecule has 0 bridgehead atoms. The zero-order chi connectivity index (χ0) is 10.1. The molecule has 1 aliphatic carbocycles. The second kappa shape index (κ2) is 3.33. The van der Waals surface area contributed by atoms with E-state index in [1.807, 2.05) is 6.07 Å². The molecule has 1 aliphatic heterocycles. The Hall–Kier alpha value is -1.50. The molecule has 1 heterocycles. The van der Waals surface area contributed by atoms with E-state index in [4.69, 9.17) is 10.4 Å². The predicted molar refractivity (Wildman–Crippen MR) is 49.5 cm³/mol. The smallest absolute Gasteiger partial charge is 0.407 e. The first-order valence-corrected chi connectivity index (χ1v) is 4.79. The van der Waals surface area contributed by atoms with Crippen molar-refractivity contribution in [3.63, 3.8) is 0 Å². The van der Waals surface area contributed by atoms with Gasteiger partial charge in [-0.15, -0.1) is 0 Å². The van der Waals surface area contributed by atoms with Crippen LogP contribution in [0.1, 0.15) is 12.8 Å². The lowest BCUT2D eigenvalue weighted by Gasteiger charge is -2.12. The van der Waals surface area contributed by atoms with Crippen molar-refractivity contribution >= 4 is 6.09 Å². The summed E-state index contributed by atoms with van der Waals surface area (Å²) < 4.78 is 0. The third kappa shape index (κ3) is 1.35. The summed E-state index contributed by atoms with van der Waals surface area (Å²) in [6, 6.07) is 2.04. The van der Waals surface area contributed by atoms with E-state index in [2.05, 4.69) is 0 Å². The Morgan fingerprint density at radius 2 is 2.43 bits per heavy atom. The molecule has 2 atom stereocenters. The molecule has 1 saturated carbocycles. The minimum atomic E-state index is -0.837. The van der Waals surface area contributed by atoms with Crippen LogP contribution in [0.15, 0.2) is 11.6 Å². The number of carbonyl (C=O) groups is 1. The summed E-state index contributed by atoms with van der Waals surface area (Å²) in [5, 5.41) is 17.4. The molecule has 0 aromatic rings. The maximum atomic E-state index is 10.7. The van der Waals surface area contributed by atoms with Crippen LogP contribution >= 0.6 is 0 Å². The highest BCUT2D eigenvalue weighted by molar-refractivity contribution is 5.65. The predicted octanol–water partition coefficient (Wildman–Crippen LogP) is 1.46. The second-order valence-corrected chi connectivity index (χ2v) is 3.94. The van der Waals surface area contributed by atoms with Gasteiger partial charge in [0.15, 0.2) is 0 Å². The van der Waals surface area contributed by atoms with Crippen LogP contribution in [0.25, 0.3) is 0 Å². The maximum absolute atomic E-state index is 10.7. The van der Waals surface area contributed by atoms with Crippen molar-refractivity contribution in [2.75, 3.05) is 13.1 Å². The lowest BCUT2D eigenvalue weighted by molar-refractivity contribution is 0.153. The van der Waals surface area contributed by atoms with Gasteiger partial charge in [-0.3, -0.25) is 0 Å². The Bertz CT molecular complexity index is 330. The molecule has 14 heavy (non-hydrogen) atoms. The Balaban J connectivity index is 2.11. The SMILES string of the molecule is N#C/C=C1/CCC2CN(C(=O)O)CC12. The van der Waals surface area contributed by atoms with Gasteiger partial charge in [0.2, 0.25) is 0 Å². The molecule has 0 aromatic carbocycles. The first-order valence-electron chi connectivity index (χ1n) is 4.79. The maximum Gasteiger partial charge on any atom is 0.407 e. The first kappa shape index (κ1) is 9.07. The molecular weight excluding hydrogens is 180 g/mol. The molecule has 0 aromatic heterocycles. The van der Waals surface area contributed by atoms with E-state index in [1.54, 1.807) is 6.08 Å². The van der Waals surface area contributed by atoms with Crippen molar-refractivity contribution in [3.8, 4) is 6.07 Å². The molecule has 1 amide bonds. The normalized spacial score (nSPS) is 33.1. The number of hydrogen-bond donors (Lipinski definition) is 1. The molecule has 1 saturated heterocycles. The minimum absolute atomic E-state index is 0.311. The van der Waals surface area contributed by atoms with Gasteiger partial charge in [0.1, 0.15) is 0 Å². The number of likely N-dealkylation sites (tertiary alicyclic amines) is 1. The average Bonchev–Trinajstić information content (AvgIpc) is 2.67. The number of carboxylic acid groups (broad SMARTS) is 1. The molecule has 2 aliphatic rings. The molecule has 2 unspecified atom stereocenters. The van der Waals surface area contributed by atoms with Gasteiger partial charge in [0, 0.05) is 25.1 Å². The zero-order valence-corrected chi connectivity index (χ0v) is 7.81. The fourth-order valence-corrected chi connectivity index (χ4v) is 2.54. The van der Waals surface area contributed by atoms with Gasteiger partial charge >= 0.3 is 6.09 Å². The van der Waals surface area contributed by atoms with E-state index in [-0.39, 0.29) is 0 Å². The summed E-state index contributed by atoms with van der Waals surface area (Å²) in [7, 11) is 0. The summed E-state index contributed by atoms with van der Waals surface area (Å²) in [6.07, 6.45) is 2.75. The molecule has 2 fully saturated rings. The largest absolute Gasteiger partial charge is 0.465 e. The van der Waals surface area contributed by atoms with Crippen LogP contribution < -0.4 is 0 Å². The minimum Gasteiger partial charge on any atom is -0.465 e. The molecule has 0 radical (unpaired) electrons. The van der Waals surface area contributed by atoms with Gasteiger partial charge in [-0.05, 0) is 18.8 Å². The zero-order valence-electron chi connectivity index (χ0n) is 7.81. The second-order valence-electron chi connectivity index (χ2n) is 3.94. The van der Waals surface area contributed by atoms with Crippen LogP contribution in [0.2, 0.25) is 0 Å². The Morgan fingerprint density at radius 3 is 3.07 bits per heavy atom. The first-order chi connectivity index (χ1) is 6.72. The van der Waals surface area contributed by atoms with Crippen LogP contribution in [0.4, 0.5) is 4.79 Å². The Morgan fingerprint density at radius 1 is 1.64 bits per heavy atom. The molecule has 1 N–H and O–H groups in total. The van der Waals surface area contributed by atoms with E-state index in [0.29, 0.717) is 24.9 Å². The van der Waals surface area contributed by atoms with E-state index in [0.717, 1.165) is 18.4 Å². The number of allylic oxidation sites excluding steroid dienone is 1. The van der Waals surface area contributed by atoms with Crippen LogP contribution in [0.5, 0.6) is 0 Å². The molecule has 2 rings (SSSR count). The van der Waals surface area contributed by atoms with E-state index >= 15 is 0 Å². The van der Waals surface area contributed by atoms with Crippen LogP contribution in [0, 0.1) is 23.2 Å². The van der Waals surface area contributed by atoms with Crippen LogP contribution in [-0.2, 0) is 0 Å². The monoisotopic (exact) mass is 192 g/mol. The fourth-order valence-electron chi connectivity index (χ4n) is 2.54. The van der Waals surface area contributed by atoms with Crippen molar-refractivity contribution in [1.29, 1.82) is 5.26 Å². The molecular formula is C10H12N2O2. The van der Waals surface area contributed by atoms with Crippen LogP contribution in [-0.4, -0.2) is 29.2 Å². The van der Waals surface area contributed by atoms with Crippen molar-refractivity contribution in [2.24, 2.45) is 11.8 Å². The summed E-state index contributed by atoms with van der Waals surface area (Å²) in [5.41, 5.74) is 1.14. The standard InChI is InChI=1S/C10H12N2O2/c11-4-3-7-1-2-8-5-12(10(13)14)6-9(7)8/h3,8-9H,1-2,5-6H2,(H,13,14)/b7-3-. The Kier molecular flexibility index (Phi) is 2.16. The lowest BCUT2D eigenvalue weighted by Crippen LogP contribution is -2.27. The number of fused-ring (bicyclic) bond motifs is 1. The Labute approximate surface area is 82.4 Å². The van der Waals surface area contributed by atoms with Gasteiger partial charge in [-0.25, -0.2) is 4.79 Å². The topological polar surface area (TPSA) is 64.3 Å². The van der Waals surface area contributed by atoms with Crippen molar-refractivity contribution in [2.45, 2.75) is 12.8 Å². The highest BCUT2D eigenvalue weighted by atomic mass is 16.4. The van der Waals surface area contributed by atoms with Crippen molar-refractivity contribution in [3.05, 3.63) is 11.6 Å². The van der Waals surface area contributed by atoms with Gasteiger partial charge in [0.05, 0.1) is 6.07 Å². The molecule has 4 nitrogen and oxygen atoms in total. The summed E-state index contributed by atoms with van der Waals surface area (Å²) in [6.45, 7) is 1.22.